The first kappa shape index (κ1) is 20.7. The topological polar surface area (TPSA) is 76.7 Å². The molecule has 0 unspecified atom stereocenters. The highest BCUT2D eigenvalue weighted by molar-refractivity contribution is 7.96. The molecule has 152 valence electrons. The predicted molar refractivity (Wildman–Crippen MR) is 117 cm³/mol. The molecule has 1 aliphatic rings. The molecule has 0 radical (unpaired) electrons. The monoisotopic (exact) mass is 412 g/mol. The number of rotatable bonds is 4. The number of nitrogens with zero attached hydrogens (tertiary/aromatic N) is 3. The number of amides is 4. The van der Waals surface area contributed by atoms with E-state index >= 15 is 0 Å². The SMILES string of the molecule is Cc1cc(C)c(/C=C2\C(=O)N(C(=O)N(C)CCN(C)C(=O)S)c3ccccc32)[nH]1. The molecule has 0 atom stereocenters. The fourth-order valence-electron chi connectivity index (χ4n) is 3.28. The molecule has 2 aromatic rings. The van der Waals surface area contributed by atoms with Gasteiger partial charge in [0.25, 0.3) is 11.1 Å². The average molecular weight is 413 g/mol. The van der Waals surface area contributed by atoms with Gasteiger partial charge >= 0.3 is 6.03 Å². The second kappa shape index (κ2) is 8.16. The van der Waals surface area contributed by atoms with Crippen molar-refractivity contribution in [2.45, 2.75) is 13.8 Å². The number of benzene rings is 1. The first-order valence-electron chi connectivity index (χ1n) is 9.21. The maximum Gasteiger partial charge on any atom is 0.331 e. The molecule has 4 amide bonds. The van der Waals surface area contributed by atoms with E-state index in [2.05, 4.69) is 17.6 Å². The lowest BCUT2D eigenvalue weighted by Crippen LogP contribution is -2.45. The van der Waals surface area contributed by atoms with E-state index in [-0.39, 0.29) is 17.7 Å². The van der Waals surface area contributed by atoms with Crippen LogP contribution in [0.25, 0.3) is 11.6 Å². The van der Waals surface area contributed by atoms with Crippen molar-refractivity contribution < 1.29 is 14.4 Å². The van der Waals surface area contributed by atoms with Crippen LogP contribution in [0.3, 0.4) is 0 Å². The Labute approximate surface area is 175 Å². The third kappa shape index (κ3) is 4.07. The number of para-hydroxylation sites is 1. The summed E-state index contributed by atoms with van der Waals surface area (Å²) in [5.41, 5.74) is 4.62. The van der Waals surface area contributed by atoms with Gasteiger partial charge in [-0.3, -0.25) is 9.59 Å². The Bertz CT molecular complexity index is 1010. The molecule has 29 heavy (non-hydrogen) atoms. The van der Waals surface area contributed by atoms with E-state index in [1.54, 1.807) is 32.3 Å². The lowest BCUT2D eigenvalue weighted by molar-refractivity contribution is -0.112. The van der Waals surface area contributed by atoms with Gasteiger partial charge in [-0.25, -0.2) is 9.69 Å². The number of carbonyl (C=O) groups excluding carboxylic acids is 3. The maximum atomic E-state index is 13.2. The van der Waals surface area contributed by atoms with Gasteiger partial charge in [-0.05, 0) is 37.6 Å². The van der Waals surface area contributed by atoms with E-state index in [0.29, 0.717) is 23.4 Å². The van der Waals surface area contributed by atoms with Crippen molar-refractivity contribution in [3.05, 3.63) is 52.8 Å². The number of carbonyl (C=O) groups is 3. The number of aryl methyl sites for hydroxylation is 2. The van der Waals surface area contributed by atoms with E-state index in [1.165, 1.54) is 14.7 Å². The van der Waals surface area contributed by atoms with E-state index in [9.17, 15) is 14.4 Å². The van der Waals surface area contributed by atoms with Gasteiger partial charge in [0, 0.05) is 44.1 Å². The number of hydrogen-bond donors (Lipinski definition) is 2. The Balaban J connectivity index is 1.91. The molecule has 8 heteroatoms. The predicted octanol–water partition coefficient (Wildman–Crippen LogP) is 3.55. The first-order valence-corrected chi connectivity index (χ1v) is 9.66. The smallest absolute Gasteiger partial charge is 0.331 e. The minimum Gasteiger partial charge on any atom is -0.359 e. The van der Waals surface area contributed by atoms with Crippen LogP contribution in [0.4, 0.5) is 15.3 Å². The summed E-state index contributed by atoms with van der Waals surface area (Å²) in [6.45, 7) is 4.52. The van der Waals surface area contributed by atoms with Gasteiger partial charge in [0.2, 0.25) is 0 Å². The molecule has 0 aliphatic carbocycles. The standard InChI is InChI=1S/C21H24N4O3S/c1-13-11-14(2)22-17(13)12-16-15-7-5-6-8-18(15)25(19(16)26)20(27)23(3)9-10-24(4)21(28)29/h5-8,11-12,22H,9-10H2,1-4H3,(H,28,29)/b16-12-. The van der Waals surface area contributed by atoms with Gasteiger partial charge < -0.3 is 14.8 Å². The number of likely N-dealkylation sites (N-methyl/N-ethyl adjacent to an activating group) is 2. The fraction of sp³-hybridized carbons (Fsp3) is 0.286. The van der Waals surface area contributed by atoms with Crippen LogP contribution in [-0.2, 0) is 4.79 Å². The fourth-order valence-corrected chi connectivity index (χ4v) is 3.38. The number of urea groups is 1. The highest BCUT2D eigenvalue weighted by Gasteiger charge is 2.38. The van der Waals surface area contributed by atoms with Crippen LogP contribution in [0.2, 0.25) is 0 Å². The number of aromatic amines is 1. The molecule has 1 aliphatic heterocycles. The van der Waals surface area contributed by atoms with Crippen molar-refractivity contribution in [2.75, 3.05) is 32.1 Å². The third-order valence-electron chi connectivity index (χ3n) is 4.96. The van der Waals surface area contributed by atoms with Crippen molar-refractivity contribution in [1.82, 2.24) is 14.8 Å². The number of aromatic nitrogens is 1. The molecule has 0 spiro atoms. The summed E-state index contributed by atoms with van der Waals surface area (Å²) >= 11 is 3.76. The number of anilines is 1. The van der Waals surface area contributed by atoms with Crippen molar-refractivity contribution in [3.8, 4) is 0 Å². The lowest BCUT2D eigenvalue weighted by Gasteiger charge is -2.25. The van der Waals surface area contributed by atoms with Gasteiger partial charge in [0.1, 0.15) is 0 Å². The van der Waals surface area contributed by atoms with Gasteiger partial charge in [-0.15, -0.1) is 0 Å². The van der Waals surface area contributed by atoms with Crippen LogP contribution in [0.5, 0.6) is 0 Å². The van der Waals surface area contributed by atoms with E-state index < -0.39 is 6.03 Å². The number of imide groups is 1. The van der Waals surface area contributed by atoms with Crippen LogP contribution in [0.1, 0.15) is 22.5 Å². The lowest BCUT2D eigenvalue weighted by atomic mass is 10.1. The summed E-state index contributed by atoms with van der Waals surface area (Å²) in [6, 6.07) is 8.81. The Kier molecular flexibility index (Phi) is 5.83. The molecule has 1 aromatic heterocycles. The molecule has 1 N–H and O–H groups in total. The molecular weight excluding hydrogens is 388 g/mol. The summed E-state index contributed by atoms with van der Waals surface area (Å²) < 4.78 is 0. The number of fused-ring (bicyclic) bond motifs is 1. The first-order chi connectivity index (χ1) is 13.7. The van der Waals surface area contributed by atoms with Crippen LogP contribution in [-0.4, -0.2) is 59.1 Å². The van der Waals surface area contributed by atoms with Crippen molar-refractivity contribution in [3.63, 3.8) is 0 Å². The second-order valence-corrected chi connectivity index (χ2v) is 7.56. The highest BCUT2D eigenvalue weighted by Crippen LogP contribution is 2.38. The molecule has 1 aromatic carbocycles. The Morgan fingerprint density at radius 3 is 2.41 bits per heavy atom. The number of nitrogens with one attached hydrogen (secondary N) is 1. The molecular formula is C21H24N4O3S. The zero-order valence-corrected chi connectivity index (χ0v) is 17.8. The van der Waals surface area contributed by atoms with Crippen LogP contribution in [0, 0.1) is 13.8 Å². The molecule has 0 saturated carbocycles. The quantitative estimate of drug-likeness (QED) is 0.596. The third-order valence-corrected chi connectivity index (χ3v) is 5.30. The van der Waals surface area contributed by atoms with Crippen LogP contribution in [0.15, 0.2) is 30.3 Å². The summed E-state index contributed by atoms with van der Waals surface area (Å²) in [4.78, 5) is 44.8. The number of H-pyrrole nitrogens is 1. The zero-order valence-electron chi connectivity index (χ0n) is 16.9. The average Bonchev–Trinajstić information content (AvgIpc) is 3.14. The molecule has 2 heterocycles. The Morgan fingerprint density at radius 2 is 1.79 bits per heavy atom. The van der Waals surface area contributed by atoms with E-state index in [1.807, 2.05) is 32.0 Å². The van der Waals surface area contributed by atoms with Gasteiger partial charge in [-0.1, -0.05) is 30.8 Å². The molecule has 0 fully saturated rings. The van der Waals surface area contributed by atoms with Crippen molar-refractivity contribution in [2.24, 2.45) is 0 Å². The maximum absolute atomic E-state index is 13.2. The minimum absolute atomic E-state index is 0.279. The van der Waals surface area contributed by atoms with Gasteiger partial charge in [0.05, 0.1) is 11.3 Å². The highest BCUT2D eigenvalue weighted by atomic mass is 32.1. The van der Waals surface area contributed by atoms with E-state index in [4.69, 9.17) is 0 Å². The van der Waals surface area contributed by atoms with E-state index in [0.717, 1.165) is 17.0 Å². The number of hydrogen-bond acceptors (Lipinski definition) is 3. The summed E-state index contributed by atoms with van der Waals surface area (Å²) in [5.74, 6) is -0.367. The van der Waals surface area contributed by atoms with Gasteiger partial charge in [-0.2, -0.15) is 0 Å². The molecule has 7 nitrogen and oxygen atoms in total. The summed E-state index contributed by atoms with van der Waals surface area (Å²) in [6.07, 6.45) is 1.80. The second-order valence-electron chi connectivity index (χ2n) is 7.17. The Morgan fingerprint density at radius 1 is 1.14 bits per heavy atom. The number of thiol groups is 1. The van der Waals surface area contributed by atoms with Gasteiger partial charge in [0.15, 0.2) is 0 Å². The van der Waals surface area contributed by atoms with Crippen molar-refractivity contribution in [1.29, 1.82) is 0 Å². The molecule has 0 saturated heterocycles. The van der Waals surface area contributed by atoms with Crippen molar-refractivity contribution >= 4 is 47.1 Å². The van der Waals surface area contributed by atoms with Crippen LogP contribution >= 0.6 is 12.6 Å². The Hall–Kier alpha value is -3.00. The zero-order chi connectivity index (χ0) is 21.3. The summed E-state index contributed by atoms with van der Waals surface area (Å²) in [7, 11) is 3.21. The minimum atomic E-state index is -0.440. The molecule has 0 bridgehead atoms. The van der Waals surface area contributed by atoms with Crippen LogP contribution < -0.4 is 4.90 Å². The largest absolute Gasteiger partial charge is 0.359 e. The molecule has 3 rings (SSSR count). The normalized spacial score (nSPS) is 14.3. The summed E-state index contributed by atoms with van der Waals surface area (Å²) in [5, 5.41) is -0.379.